The maximum Gasteiger partial charge on any atom is 0.322 e. The van der Waals surface area contributed by atoms with Crippen molar-refractivity contribution in [3.63, 3.8) is 0 Å². The van der Waals surface area contributed by atoms with E-state index >= 15 is 0 Å². The molecule has 0 fully saturated rings. The summed E-state index contributed by atoms with van der Waals surface area (Å²) in [4.78, 5) is 34.3. The predicted octanol–water partition coefficient (Wildman–Crippen LogP) is -1.75. The zero-order valence-corrected chi connectivity index (χ0v) is 9.61. The van der Waals surface area contributed by atoms with E-state index in [0.29, 0.717) is 6.54 Å². The summed E-state index contributed by atoms with van der Waals surface area (Å²) >= 11 is 0. The topological polar surface area (TPSA) is 98.7 Å². The third-order valence-electron chi connectivity index (χ3n) is 1.66. The van der Waals surface area contributed by atoms with E-state index in [2.05, 4.69) is 10.6 Å². The summed E-state index contributed by atoms with van der Waals surface area (Å²) in [7, 11) is 3.50. The summed E-state index contributed by atoms with van der Waals surface area (Å²) in [6, 6.07) is -0.744. The number of carbonyl (C=O) groups excluding carboxylic acids is 2. The Kier molecular flexibility index (Phi) is 6.09. The van der Waals surface area contributed by atoms with Crippen LogP contribution in [0, 0.1) is 0 Å². The Morgan fingerprint density at radius 3 is 2.25 bits per heavy atom. The van der Waals surface area contributed by atoms with Crippen molar-refractivity contribution in [2.24, 2.45) is 0 Å². The fourth-order valence-electron chi connectivity index (χ4n) is 1.09. The number of hydrogen-bond donors (Lipinski definition) is 3. The monoisotopic (exact) mass is 231 g/mol. The van der Waals surface area contributed by atoms with Crippen molar-refractivity contribution in [1.82, 2.24) is 15.5 Å². The number of rotatable bonds is 6. The number of likely N-dealkylation sites (N-methyl/N-ethyl adjacent to an activating group) is 1. The lowest BCUT2D eigenvalue weighted by molar-refractivity contribution is -0.138. The van der Waals surface area contributed by atoms with Gasteiger partial charge in [-0.15, -0.1) is 0 Å². The highest BCUT2D eigenvalue weighted by Crippen LogP contribution is 1.88. The van der Waals surface area contributed by atoms with Gasteiger partial charge in [0.1, 0.15) is 12.6 Å². The normalized spacial score (nSPS) is 12.0. The predicted molar refractivity (Wildman–Crippen MR) is 56.8 cm³/mol. The molecule has 0 radical (unpaired) electrons. The molecule has 0 aliphatic heterocycles. The van der Waals surface area contributed by atoms with Crippen molar-refractivity contribution < 1.29 is 19.5 Å². The number of carbonyl (C=O) groups is 3. The average Bonchev–Trinajstić information content (AvgIpc) is 2.11. The smallest absolute Gasteiger partial charge is 0.322 e. The fourth-order valence-corrected chi connectivity index (χ4v) is 1.09. The summed E-state index contributed by atoms with van der Waals surface area (Å²) in [5.74, 6) is -1.97. The van der Waals surface area contributed by atoms with Crippen LogP contribution in [0.1, 0.15) is 6.92 Å². The van der Waals surface area contributed by atoms with E-state index in [0.717, 1.165) is 0 Å². The SMILES string of the molecule is CC(=O)NC(CN(C)C)C(=O)NCC(=O)O. The Morgan fingerprint density at radius 1 is 1.31 bits per heavy atom. The van der Waals surface area contributed by atoms with Crippen LogP contribution >= 0.6 is 0 Å². The molecular weight excluding hydrogens is 214 g/mol. The average molecular weight is 231 g/mol. The summed E-state index contributed by atoms with van der Waals surface area (Å²) < 4.78 is 0. The highest BCUT2D eigenvalue weighted by molar-refractivity contribution is 5.88. The van der Waals surface area contributed by atoms with Crippen LogP contribution in [0.5, 0.6) is 0 Å². The molecule has 1 atom stereocenters. The third-order valence-corrected chi connectivity index (χ3v) is 1.66. The molecule has 0 heterocycles. The molecule has 92 valence electrons. The van der Waals surface area contributed by atoms with Crippen LogP contribution < -0.4 is 10.6 Å². The number of carboxylic acid groups (broad SMARTS) is 1. The van der Waals surface area contributed by atoms with Gasteiger partial charge in [-0.25, -0.2) is 0 Å². The fraction of sp³-hybridized carbons (Fsp3) is 0.667. The van der Waals surface area contributed by atoms with E-state index in [1.807, 2.05) is 0 Å². The second kappa shape index (κ2) is 6.78. The molecule has 0 saturated carbocycles. The van der Waals surface area contributed by atoms with Crippen molar-refractivity contribution in [3.05, 3.63) is 0 Å². The van der Waals surface area contributed by atoms with Crippen LogP contribution in [0.25, 0.3) is 0 Å². The van der Waals surface area contributed by atoms with Gasteiger partial charge in [-0.3, -0.25) is 14.4 Å². The second-order valence-corrected chi connectivity index (χ2v) is 3.63. The first-order valence-corrected chi connectivity index (χ1v) is 4.74. The summed E-state index contributed by atoms with van der Waals surface area (Å²) in [5.41, 5.74) is 0. The number of nitrogens with zero attached hydrogens (tertiary/aromatic N) is 1. The lowest BCUT2D eigenvalue weighted by Crippen LogP contribution is -2.51. The van der Waals surface area contributed by atoms with Gasteiger partial charge in [0.2, 0.25) is 11.8 Å². The largest absolute Gasteiger partial charge is 0.480 e. The maximum absolute atomic E-state index is 11.5. The van der Waals surface area contributed by atoms with Crippen LogP contribution in [0.3, 0.4) is 0 Å². The van der Waals surface area contributed by atoms with Crippen molar-refractivity contribution in [2.45, 2.75) is 13.0 Å². The molecular formula is C9H17N3O4. The molecule has 0 bridgehead atoms. The summed E-state index contributed by atoms with van der Waals surface area (Å²) in [6.07, 6.45) is 0. The lowest BCUT2D eigenvalue weighted by Gasteiger charge is -2.20. The molecule has 3 N–H and O–H groups in total. The van der Waals surface area contributed by atoms with Gasteiger partial charge in [0.15, 0.2) is 0 Å². The quantitative estimate of drug-likeness (QED) is 0.503. The van der Waals surface area contributed by atoms with Crippen LogP contribution in [-0.4, -0.2) is 61.0 Å². The molecule has 0 aromatic heterocycles. The number of hydrogen-bond acceptors (Lipinski definition) is 4. The van der Waals surface area contributed by atoms with Gasteiger partial charge in [-0.05, 0) is 14.1 Å². The van der Waals surface area contributed by atoms with Gasteiger partial charge in [-0.2, -0.15) is 0 Å². The van der Waals surface area contributed by atoms with Gasteiger partial charge in [-0.1, -0.05) is 0 Å². The van der Waals surface area contributed by atoms with Gasteiger partial charge in [0, 0.05) is 13.5 Å². The minimum absolute atomic E-state index is 0.311. The van der Waals surface area contributed by atoms with Crippen LogP contribution in [-0.2, 0) is 14.4 Å². The zero-order chi connectivity index (χ0) is 12.7. The summed E-state index contributed by atoms with van der Waals surface area (Å²) in [6.45, 7) is 1.15. The van der Waals surface area contributed by atoms with E-state index in [1.165, 1.54) is 6.92 Å². The van der Waals surface area contributed by atoms with Gasteiger partial charge < -0.3 is 20.6 Å². The van der Waals surface area contributed by atoms with Gasteiger partial charge >= 0.3 is 5.97 Å². The minimum atomic E-state index is -1.13. The lowest BCUT2D eigenvalue weighted by atomic mass is 10.2. The van der Waals surface area contributed by atoms with Crippen LogP contribution in [0.2, 0.25) is 0 Å². The first-order chi connectivity index (χ1) is 7.32. The molecule has 1 unspecified atom stereocenters. The van der Waals surface area contributed by atoms with Crippen molar-refractivity contribution in [3.8, 4) is 0 Å². The van der Waals surface area contributed by atoms with E-state index in [-0.39, 0.29) is 5.91 Å². The molecule has 2 amide bonds. The molecule has 16 heavy (non-hydrogen) atoms. The molecule has 7 nitrogen and oxygen atoms in total. The molecule has 0 aliphatic carbocycles. The molecule has 0 rings (SSSR count). The van der Waals surface area contributed by atoms with E-state index < -0.39 is 24.5 Å². The second-order valence-electron chi connectivity index (χ2n) is 3.63. The number of nitrogens with one attached hydrogen (secondary N) is 2. The van der Waals surface area contributed by atoms with Crippen molar-refractivity contribution in [2.75, 3.05) is 27.2 Å². The Hall–Kier alpha value is -1.63. The Balaban J connectivity index is 4.31. The van der Waals surface area contributed by atoms with E-state index in [9.17, 15) is 14.4 Å². The van der Waals surface area contributed by atoms with Gasteiger partial charge in [0.25, 0.3) is 0 Å². The third kappa shape index (κ3) is 6.77. The van der Waals surface area contributed by atoms with Gasteiger partial charge in [0.05, 0.1) is 0 Å². The molecule has 0 aliphatic rings. The van der Waals surface area contributed by atoms with Crippen LogP contribution in [0.4, 0.5) is 0 Å². The summed E-state index contributed by atoms with van der Waals surface area (Å²) in [5, 5.41) is 13.1. The zero-order valence-electron chi connectivity index (χ0n) is 9.61. The molecule has 0 saturated heterocycles. The maximum atomic E-state index is 11.5. The molecule has 0 aromatic carbocycles. The number of aliphatic carboxylic acids is 1. The van der Waals surface area contributed by atoms with Crippen molar-refractivity contribution >= 4 is 17.8 Å². The standard InChI is InChI=1S/C9H17N3O4/c1-6(13)11-7(5-12(2)3)9(16)10-4-8(14)15/h7H,4-5H2,1-3H3,(H,10,16)(H,11,13)(H,14,15). The first-order valence-electron chi connectivity index (χ1n) is 4.74. The Labute approximate surface area is 93.8 Å². The van der Waals surface area contributed by atoms with Crippen molar-refractivity contribution in [1.29, 1.82) is 0 Å². The highest BCUT2D eigenvalue weighted by Gasteiger charge is 2.20. The van der Waals surface area contributed by atoms with Crippen LogP contribution in [0.15, 0.2) is 0 Å². The molecule has 0 aromatic rings. The highest BCUT2D eigenvalue weighted by atomic mass is 16.4. The Morgan fingerprint density at radius 2 is 1.88 bits per heavy atom. The number of carboxylic acids is 1. The molecule has 0 spiro atoms. The van der Waals surface area contributed by atoms with E-state index in [1.54, 1.807) is 19.0 Å². The molecule has 7 heteroatoms. The minimum Gasteiger partial charge on any atom is -0.480 e. The Bertz CT molecular complexity index is 278. The first kappa shape index (κ1) is 14.4. The van der Waals surface area contributed by atoms with E-state index in [4.69, 9.17) is 5.11 Å². The number of amides is 2.